The first kappa shape index (κ1) is 23.2. The smallest absolute Gasteiger partial charge is 0.317 e. The SMILES string of the molecule is CC(C)N1C(=O)CC2(CCN(CCOC(=O)C(c3ccccc3)c3ccccc3)CC2)C1=O. The van der Waals surface area contributed by atoms with Crippen molar-refractivity contribution < 1.29 is 19.1 Å². The standard InChI is InChI=1S/C27H32N2O4/c1-20(2)29-23(30)19-27(26(29)32)13-15-28(16-14-27)17-18-33-25(31)24(21-9-5-3-6-10-21)22-11-7-4-8-12-22/h3-12,20,24H,13-19H2,1-2H3. The van der Waals surface area contributed by atoms with Gasteiger partial charge >= 0.3 is 5.97 Å². The molecule has 0 N–H and O–H groups in total. The maximum atomic E-state index is 13.0. The normalized spacial score (nSPS) is 18.5. The molecule has 2 aliphatic rings. The highest BCUT2D eigenvalue weighted by atomic mass is 16.5. The number of benzene rings is 2. The van der Waals surface area contributed by atoms with Crippen LogP contribution in [0.25, 0.3) is 0 Å². The Morgan fingerprint density at radius 1 is 0.939 bits per heavy atom. The van der Waals surface area contributed by atoms with Crippen LogP contribution in [0.1, 0.15) is 50.2 Å². The highest BCUT2D eigenvalue weighted by molar-refractivity contribution is 6.06. The quantitative estimate of drug-likeness (QED) is 0.478. The van der Waals surface area contributed by atoms with Gasteiger partial charge in [0, 0.05) is 19.0 Å². The molecule has 0 aromatic heterocycles. The minimum Gasteiger partial charge on any atom is -0.464 e. The van der Waals surface area contributed by atoms with E-state index in [1.165, 1.54) is 4.90 Å². The second kappa shape index (κ2) is 9.87. The maximum absolute atomic E-state index is 13.0. The van der Waals surface area contributed by atoms with Crippen molar-refractivity contribution in [2.75, 3.05) is 26.2 Å². The lowest BCUT2D eigenvalue weighted by Gasteiger charge is -2.37. The summed E-state index contributed by atoms with van der Waals surface area (Å²) in [6, 6.07) is 19.3. The summed E-state index contributed by atoms with van der Waals surface area (Å²) < 4.78 is 5.71. The molecule has 2 aliphatic heterocycles. The average Bonchev–Trinajstić information content (AvgIpc) is 3.06. The lowest BCUT2D eigenvalue weighted by atomic mass is 9.77. The van der Waals surface area contributed by atoms with Crippen LogP contribution in [0.15, 0.2) is 60.7 Å². The summed E-state index contributed by atoms with van der Waals surface area (Å²) in [5, 5.41) is 0. The molecular formula is C27H32N2O4. The van der Waals surface area contributed by atoms with E-state index in [0.717, 1.165) is 24.2 Å². The molecular weight excluding hydrogens is 416 g/mol. The lowest BCUT2D eigenvalue weighted by Crippen LogP contribution is -2.46. The molecule has 0 atom stereocenters. The fourth-order valence-electron chi connectivity index (χ4n) is 5.05. The molecule has 6 nitrogen and oxygen atoms in total. The zero-order valence-corrected chi connectivity index (χ0v) is 19.4. The number of piperidine rings is 1. The first-order valence-electron chi connectivity index (χ1n) is 11.8. The van der Waals surface area contributed by atoms with Gasteiger partial charge in [-0.3, -0.25) is 24.2 Å². The summed E-state index contributed by atoms with van der Waals surface area (Å²) in [6.07, 6.45) is 1.67. The summed E-state index contributed by atoms with van der Waals surface area (Å²) in [5.74, 6) is -0.779. The minimum absolute atomic E-state index is 0.0119. The molecule has 0 unspecified atom stereocenters. The third-order valence-corrected chi connectivity index (χ3v) is 6.91. The van der Waals surface area contributed by atoms with Crippen LogP contribution in [0.4, 0.5) is 0 Å². The van der Waals surface area contributed by atoms with Crippen LogP contribution in [0.5, 0.6) is 0 Å². The first-order chi connectivity index (χ1) is 15.9. The number of nitrogens with zero attached hydrogens (tertiary/aromatic N) is 2. The molecule has 2 fully saturated rings. The summed E-state index contributed by atoms with van der Waals surface area (Å²) in [6.45, 7) is 6.14. The predicted molar refractivity (Wildman–Crippen MR) is 125 cm³/mol. The highest BCUT2D eigenvalue weighted by Crippen LogP contribution is 2.42. The number of amides is 2. The first-order valence-corrected chi connectivity index (χ1v) is 11.8. The molecule has 6 heteroatoms. The monoisotopic (exact) mass is 448 g/mol. The summed E-state index contributed by atoms with van der Waals surface area (Å²) in [4.78, 5) is 42.0. The Hall–Kier alpha value is -2.99. The molecule has 2 aromatic rings. The number of esters is 1. The van der Waals surface area contributed by atoms with Gasteiger partial charge in [-0.15, -0.1) is 0 Å². The summed E-state index contributed by atoms with van der Waals surface area (Å²) >= 11 is 0. The number of carbonyl (C=O) groups excluding carboxylic acids is 3. The topological polar surface area (TPSA) is 66.9 Å². The van der Waals surface area contributed by atoms with Crippen LogP contribution in [-0.4, -0.2) is 59.9 Å². The molecule has 33 heavy (non-hydrogen) atoms. The van der Waals surface area contributed by atoms with Crippen LogP contribution in [0.3, 0.4) is 0 Å². The number of ether oxygens (including phenoxy) is 1. The van der Waals surface area contributed by atoms with Crippen LogP contribution in [0, 0.1) is 5.41 Å². The molecule has 0 aliphatic carbocycles. The number of hydrogen-bond donors (Lipinski definition) is 0. The Labute approximate surface area is 195 Å². The number of carbonyl (C=O) groups is 3. The Morgan fingerprint density at radius 3 is 1.97 bits per heavy atom. The Balaban J connectivity index is 1.32. The van der Waals surface area contributed by atoms with E-state index in [4.69, 9.17) is 4.74 Å². The Kier molecular flexibility index (Phi) is 6.94. The van der Waals surface area contributed by atoms with Crippen molar-refractivity contribution in [1.82, 2.24) is 9.80 Å². The molecule has 1 spiro atoms. The van der Waals surface area contributed by atoms with Gasteiger partial charge in [0.25, 0.3) is 0 Å². The largest absolute Gasteiger partial charge is 0.464 e. The molecule has 2 aromatic carbocycles. The van der Waals surface area contributed by atoms with Gasteiger partial charge in [0.15, 0.2) is 0 Å². The van der Waals surface area contributed by atoms with Crippen molar-refractivity contribution in [1.29, 1.82) is 0 Å². The van der Waals surface area contributed by atoms with Crippen molar-refractivity contribution in [2.45, 2.75) is 45.1 Å². The van der Waals surface area contributed by atoms with Crippen LogP contribution < -0.4 is 0 Å². The van der Waals surface area contributed by atoms with Crippen LogP contribution in [-0.2, 0) is 19.1 Å². The number of likely N-dealkylation sites (tertiary alicyclic amines) is 2. The van der Waals surface area contributed by atoms with E-state index in [1.54, 1.807) is 0 Å². The molecule has 174 valence electrons. The van der Waals surface area contributed by atoms with Crippen molar-refractivity contribution in [2.24, 2.45) is 5.41 Å². The minimum atomic E-state index is -0.541. The average molecular weight is 449 g/mol. The van der Waals surface area contributed by atoms with E-state index in [-0.39, 0.29) is 23.8 Å². The number of rotatable bonds is 7. The van der Waals surface area contributed by atoms with Crippen LogP contribution >= 0.6 is 0 Å². The van der Waals surface area contributed by atoms with Crippen molar-refractivity contribution in [3.05, 3.63) is 71.8 Å². The summed E-state index contributed by atoms with van der Waals surface area (Å²) in [7, 11) is 0. The maximum Gasteiger partial charge on any atom is 0.317 e. The fourth-order valence-corrected chi connectivity index (χ4v) is 5.05. The molecule has 0 radical (unpaired) electrons. The highest BCUT2D eigenvalue weighted by Gasteiger charge is 2.53. The van der Waals surface area contributed by atoms with E-state index >= 15 is 0 Å². The van der Waals surface area contributed by atoms with Gasteiger partial charge in [-0.1, -0.05) is 60.7 Å². The zero-order chi connectivity index (χ0) is 23.4. The number of hydrogen-bond acceptors (Lipinski definition) is 5. The molecule has 0 saturated carbocycles. The van der Waals surface area contributed by atoms with Crippen molar-refractivity contribution in [3.8, 4) is 0 Å². The second-order valence-electron chi connectivity index (χ2n) is 9.38. The van der Waals surface area contributed by atoms with Crippen LogP contribution in [0.2, 0.25) is 0 Å². The second-order valence-corrected chi connectivity index (χ2v) is 9.38. The van der Waals surface area contributed by atoms with Gasteiger partial charge in [-0.2, -0.15) is 0 Å². The van der Waals surface area contributed by atoms with Gasteiger partial charge in [0.1, 0.15) is 12.5 Å². The van der Waals surface area contributed by atoms with E-state index in [2.05, 4.69) is 4.90 Å². The van der Waals surface area contributed by atoms with E-state index in [0.29, 0.717) is 32.4 Å². The van der Waals surface area contributed by atoms with Gasteiger partial charge < -0.3 is 4.74 Å². The van der Waals surface area contributed by atoms with E-state index in [9.17, 15) is 14.4 Å². The third-order valence-electron chi connectivity index (χ3n) is 6.91. The van der Waals surface area contributed by atoms with Crippen molar-refractivity contribution in [3.63, 3.8) is 0 Å². The zero-order valence-electron chi connectivity index (χ0n) is 19.4. The summed E-state index contributed by atoms with van der Waals surface area (Å²) in [5.41, 5.74) is 1.28. The molecule has 0 bridgehead atoms. The molecule has 2 amide bonds. The van der Waals surface area contributed by atoms with Gasteiger partial charge in [0.2, 0.25) is 11.8 Å². The van der Waals surface area contributed by atoms with Gasteiger partial charge in [0.05, 0.1) is 5.41 Å². The Morgan fingerprint density at radius 2 is 1.48 bits per heavy atom. The van der Waals surface area contributed by atoms with Gasteiger partial charge in [-0.05, 0) is 50.9 Å². The lowest BCUT2D eigenvalue weighted by molar-refractivity contribution is -0.145. The van der Waals surface area contributed by atoms with E-state index in [1.807, 2.05) is 74.5 Å². The molecule has 4 rings (SSSR count). The molecule has 2 heterocycles. The van der Waals surface area contributed by atoms with Crippen molar-refractivity contribution >= 4 is 17.8 Å². The van der Waals surface area contributed by atoms with E-state index < -0.39 is 11.3 Å². The third kappa shape index (κ3) is 4.86. The Bertz CT molecular complexity index is 942. The number of imide groups is 1. The van der Waals surface area contributed by atoms with Gasteiger partial charge in [-0.25, -0.2) is 0 Å². The molecule has 2 saturated heterocycles. The fraction of sp³-hybridized carbons (Fsp3) is 0.444. The predicted octanol–water partition coefficient (Wildman–Crippen LogP) is 3.61.